The number of hydrogen-bond acceptors (Lipinski definition) is 4. The van der Waals surface area contributed by atoms with Crippen LogP contribution >= 0.6 is 0 Å². The molecule has 2 rings (SSSR count). The molecule has 0 spiro atoms. The first kappa shape index (κ1) is 15.9. The van der Waals surface area contributed by atoms with Gasteiger partial charge in [0.25, 0.3) is 5.91 Å². The lowest BCUT2D eigenvalue weighted by Gasteiger charge is -2.30. The van der Waals surface area contributed by atoms with E-state index in [9.17, 15) is 9.59 Å². The van der Waals surface area contributed by atoms with Crippen LogP contribution < -0.4 is 14.5 Å². The second-order valence-electron chi connectivity index (χ2n) is 5.33. The molecule has 6 heteroatoms. The first-order valence-electron chi connectivity index (χ1n) is 7.06. The number of carboxylic acids is 1. The maximum absolute atomic E-state index is 11.7. The Bertz CT molecular complexity index is 600. The minimum atomic E-state index is -0.845. The normalized spacial score (nSPS) is 14.8. The third-order valence-corrected chi connectivity index (χ3v) is 3.66. The number of carbonyl (C=O) groups excluding carboxylic acids is 1. The molecule has 0 bridgehead atoms. The molecule has 0 radical (unpaired) electrons. The molecule has 1 aliphatic heterocycles. The van der Waals surface area contributed by atoms with Gasteiger partial charge in [-0.15, -0.1) is 6.58 Å². The summed E-state index contributed by atoms with van der Waals surface area (Å²) in [7, 11) is 1.70. The summed E-state index contributed by atoms with van der Waals surface area (Å²) in [6, 6.07) is 5.50. The van der Waals surface area contributed by atoms with Crippen LogP contribution in [-0.2, 0) is 9.59 Å². The maximum Gasteiger partial charge on any atom is 0.308 e. The van der Waals surface area contributed by atoms with Crippen molar-refractivity contribution in [2.24, 2.45) is 5.92 Å². The highest BCUT2D eigenvalue weighted by molar-refractivity contribution is 5.97. The molecule has 1 aliphatic rings. The van der Waals surface area contributed by atoms with Crippen molar-refractivity contribution in [1.82, 2.24) is 0 Å². The summed E-state index contributed by atoms with van der Waals surface area (Å²) in [5.74, 6) is -0.816. The van der Waals surface area contributed by atoms with E-state index in [2.05, 4.69) is 6.58 Å². The monoisotopic (exact) mass is 304 g/mol. The minimum absolute atomic E-state index is 0.0370. The minimum Gasteiger partial charge on any atom is -0.482 e. The predicted octanol–water partition coefficient (Wildman–Crippen LogP) is 1.75. The van der Waals surface area contributed by atoms with Crippen molar-refractivity contribution in [3.63, 3.8) is 0 Å². The molecule has 22 heavy (non-hydrogen) atoms. The number of rotatable bonds is 6. The Hall–Kier alpha value is -2.50. The molecule has 6 nitrogen and oxygen atoms in total. The average molecular weight is 304 g/mol. The van der Waals surface area contributed by atoms with Crippen LogP contribution in [0.1, 0.15) is 6.92 Å². The zero-order valence-corrected chi connectivity index (χ0v) is 12.8. The van der Waals surface area contributed by atoms with Gasteiger partial charge in [0.05, 0.1) is 11.6 Å². The lowest BCUT2D eigenvalue weighted by Crippen LogP contribution is -2.36. The highest BCUT2D eigenvalue weighted by Gasteiger charge is 2.24. The van der Waals surface area contributed by atoms with Crippen LogP contribution in [0.3, 0.4) is 0 Å². The van der Waals surface area contributed by atoms with E-state index in [1.807, 2.05) is 17.0 Å². The number of likely N-dealkylation sites (N-methyl/N-ethyl adjacent to an activating group) is 1. The third kappa shape index (κ3) is 3.21. The van der Waals surface area contributed by atoms with E-state index in [0.717, 1.165) is 5.69 Å². The molecule has 118 valence electrons. The van der Waals surface area contributed by atoms with Gasteiger partial charge in [0.15, 0.2) is 6.61 Å². The Kier molecular flexibility index (Phi) is 4.70. The van der Waals surface area contributed by atoms with Gasteiger partial charge in [-0.05, 0) is 18.2 Å². The van der Waals surface area contributed by atoms with Gasteiger partial charge in [-0.2, -0.15) is 0 Å². The van der Waals surface area contributed by atoms with Crippen molar-refractivity contribution in [1.29, 1.82) is 0 Å². The van der Waals surface area contributed by atoms with Gasteiger partial charge >= 0.3 is 5.97 Å². The molecule has 1 aromatic rings. The Labute approximate surface area is 129 Å². The third-order valence-electron chi connectivity index (χ3n) is 3.66. The largest absolute Gasteiger partial charge is 0.482 e. The lowest BCUT2D eigenvalue weighted by molar-refractivity contribution is -0.140. The summed E-state index contributed by atoms with van der Waals surface area (Å²) >= 11 is 0. The smallest absolute Gasteiger partial charge is 0.308 e. The van der Waals surface area contributed by atoms with E-state index in [-0.39, 0.29) is 12.5 Å². The van der Waals surface area contributed by atoms with Crippen LogP contribution in [0, 0.1) is 5.92 Å². The highest BCUT2D eigenvalue weighted by atomic mass is 16.5. The fourth-order valence-electron chi connectivity index (χ4n) is 2.31. The molecule has 1 amide bonds. The second kappa shape index (κ2) is 6.51. The number of benzene rings is 1. The van der Waals surface area contributed by atoms with Crippen LogP contribution in [-0.4, -0.2) is 43.7 Å². The molecule has 0 saturated heterocycles. The molecular formula is C16H20N2O4. The number of amides is 1. The molecule has 1 aromatic carbocycles. The summed E-state index contributed by atoms with van der Waals surface area (Å²) in [4.78, 5) is 26.3. The predicted molar refractivity (Wildman–Crippen MR) is 84.6 cm³/mol. The van der Waals surface area contributed by atoms with Crippen molar-refractivity contribution in [3.05, 3.63) is 30.9 Å². The standard InChI is InChI=1S/C16H20N2O4/c1-4-7-18(9-11(2)16(20)21)12-5-6-14-13(8-12)17(3)15(19)10-22-14/h4-6,8,11H,1,7,9-10H2,2-3H3,(H,20,21). The summed E-state index contributed by atoms with van der Waals surface area (Å²) in [6.45, 7) is 6.30. The number of aliphatic carboxylic acids is 1. The number of ether oxygens (including phenoxy) is 1. The van der Waals surface area contributed by atoms with Crippen LogP contribution in [0.25, 0.3) is 0 Å². The van der Waals surface area contributed by atoms with Crippen LogP contribution in [0.15, 0.2) is 30.9 Å². The molecule has 0 aromatic heterocycles. The number of hydrogen-bond donors (Lipinski definition) is 1. The van der Waals surface area contributed by atoms with Crippen LogP contribution in [0.4, 0.5) is 11.4 Å². The fraction of sp³-hybridized carbons (Fsp3) is 0.375. The number of fused-ring (bicyclic) bond motifs is 1. The zero-order valence-electron chi connectivity index (χ0n) is 12.8. The van der Waals surface area contributed by atoms with Crippen molar-refractivity contribution < 1.29 is 19.4 Å². The number of anilines is 2. The van der Waals surface area contributed by atoms with Crippen LogP contribution in [0.5, 0.6) is 5.75 Å². The number of carbonyl (C=O) groups is 2. The van der Waals surface area contributed by atoms with Crippen molar-refractivity contribution in [2.75, 3.05) is 36.5 Å². The Morgan fingerprint density at radius 1 is 1.59 bits per heavy atom. The number of nitrogens with zero attached hydrogens (tertiary/aromatic N) is 2. The van der Waals surface area contributed by atoms with Crippen molar-refractivity contribution >= 4 is 23.3 Å². The molecule has 1 unspecified atom stereocenters. The first-order chi connectivity index (χ1) is 10.4. The molecule has 1 N–H and O–H groups in total. The van der Waals surface area contributed by atoms with Crippen molar-refractivity contribution in [3.8, 4) is 5.75 Å². The van der Waals surface area contributed by atoms with Gasteiger partial charge in [0.2, 0.25) is 0 Å². The van der Waals surface area contributed by atoms with E-state index in [0.29, 0.717) is 24.5 Å². The summed E-state index contributed by atoms with van der Waals surface area (Å²) in [6.07, 6.45) is 1.72. The maximum atomic E-state index is 11.7. The molecule has 1 heterocycles. The van der Waals surface area contributed by atoms with Gasteiger partial charge in [-0.3, -0.25) is 9.59 Å². The molecular weight excluding hydrogens is 284 g/mol. The van der Waals surface area contributed by atoms with Gasteiger partial charge in [-0.1, -0.05) is 13.0 Å². The zero-order chi connectivity index (χ0) is 16.3. The first-order valence-corrected chi connectivity index (χ1v) is 7.06. The summed E-state index contributed by atoms with van der Waals surface area (Å²) in [5.41, 5.74) is 1.52. The Morgan fingerprint density at radius 3 is 2.95 bits per heavy atom. The topological polar surface area (TPSA) is 70.1 Å². The highest BCUT2D eigenvalue weighted by Crippen LogP contribution is 2.35. The summed E-state index contributed by atoms with van der Waals surface area (Å²) < 4.78 is 5.40. The molecule has 0 fully saturated rings. The van der Waals surface area contributed by atoms with Crippen molar-refractivity contribution in [2.45, 2.75) is 6.92 Å². The van der Waals surface area contributed by atoms with E-state index in [1.54, 1.807) is 31.0 Å². The Morgan fingerprint density at radius 2 is 2.32 bits per heavy atom. The molecule has 1 atom stereocenters. The average Bonchev–Trinajstić information content (AvgIpc) is 2.50. The Balaban J connectivity index is 2.30. The quantitative estimate of drug-likeness (QED) is 0.811. The van der Waals surface area contributed by atoms with E-state index < -0.39 is 11.9 Å². The lowest BCUT2D eigenvalue weighted by atomic mass is 10.1. The second-order valence-corrected chi connectivity index (χ2v) is 5.33. The number of carboxylic acid groups (broad SMARTS) is 1. The van der Waals surface area contributed by atoms with E-state index in [1.165, 1.54) is 0 Å². The van der Waals surface area contributed by atoms with E-state index >= 15 is 0 Å². The van der Waals surface area contributed by atoms with Gasteiger partial charge in [0, 0.05) is 25.8 Å². The SMILES string of the molecule is C=CCN(CC(C)C(=O)O)c1ccc2c(c1)N(C)C(=O)CO2. The van der Waals surface area contributed by atoms with Gasteiger partial charge in [0.1, 0.15) is 5.75 Å². The molecule has 0 saturated carbocycles. The van der Waals surface area contributed by atoms with Gasteiger partial charge in [-0.25, -0.2) is 0 Å². The van der Waals surface area contributed by atoms with E-state index in [4.69, 9.17) is 9.84 Å². The fourth-order valence-corrected chi connectivity index (χ4v) is 2.31. The van der Waals surface area contributed by atoms with Gasteiger partial charge < -0.3 is 19.6 Å². The molecule has 0 aliphatic carbocycles. The van der Waals surface area contributed by atoms with Crippen LogP contribution in [0.2, 0.25) is 0 Å². The summed E-state index contributed by atoms with van der Waals surface area (Å²) in [5, 5.41) is 9.09.